The second-order valence-electron chi connectivity index (χ2n) is 4.68. The molecule has 0 amide bonds. The first-order valence-electron chi connectivity index (χ1n) is 6.02. The van der Waals surface area contributed by atoms with Gasteiger partial charge >= 0.3 is 0 Å². The van der Waals surface area contributed by atoms with E-state index in [1.807, 2.05) is 0 Å². The molecule has 0 aromatic heterocycles. The minimum atomic E-state index is 0.275. The molecule has 0 aromatic carbocycles. The average Bonchev–Trinajstić information content (AvgIpc) is 2.16. The third-order valence-electron chi connectivity index (χ3n) is 2.72. The van der Waals surface area contributed by atoms with Crippen molar-refractivity contribution in [1.29, 1.82) is 0 Å². The van der Waals surface area contributed by atoms with E-state index in [1.165, 1.54) is 0 Å². The summed E-state index contributed by atoms with van der Waals surface area (Å²) in [6.45, 7) is 8.30. The SMILES string of the molecule is CCCOC1C(Br)CC1OCCC(C)C. The Morgan fingerprint density at radius 3 is 2.53 bits per heavy atom. The molecule has 2 nitrogen and oxygen atoms in total. The maximum absolute atomic E-state index is 5.81. The number of halogens is 1. The summed E-state index contributed by atoms with van der Waals surface area (Å²) in [6, 6.07) is 0. The van der Waals surface area contributed by atoms with Crippen LogP contribution in [0.5, 0.6) is 0 Å². The van der Waals surface area contributed by atoms with Gasteiger partial charge in [-0.1, -0.05) is 36.7 Å². The van der Waals surface area contributed by atoms with Gasteiger partial charge in [-0.15, -0.1) is 0 Å². The zero-order valence-corrected chi connectivity index (χ0v) is 11.6. The molecule has 0 aromatic rings. The molecule has 0 saturated heterocycles. The Hall–Kier alpha value is 0.400. The average molecular weight is 279 g/mol. The predicted octanol–water partition coefficient (Wildman–Crippen LogP) is 3.38. The molecule has 3 atom stereocenters. The Balaban J connectivity index is 2.13. The first kappa shape index (κ1) is 13.5. The molecule has 1 fully saturated rings. The maximum atomic E-state index is 5.81. The van der Waals surface area contributed by atoms with E-state index in [4.69, 9.17) is 9.47 Å². The van der Waals surface area contributed by atoms with E-state index in [2.05, 4.69) is 36.7 Å². The van der Waals surface area contributed by atoms with Gasteiger partial charge in [-0.25, -0.2) is 0 Å². The highest BCUT2D eigenvalue weighted by Gasteiger charge is 2.41. The number of ether oxygens (including phenoxy) is 2. The minimum Gasteiger partial charge on any atom is -0.375 e. The predicted molar refractivity (Wildman–Crippen MR) is 66.6 cm³/mol. The largest absolute Gasteiger partial charge is 0.375 e. The second-order valence-corrected chi connectivity index (χ2v) is 5.86. The van der Waals surface area contributed by atoms with Crippen molar-refractivity contribution in [2.75, 3.05) is 13.2 Å². The van der Waals surface area contributed by atoms with Gasteiger partial charge in [-0.05, 0) is 25.2 Å². The van der Waals surface area contributed by atoms with Crippen LogP contribution in [0, 0.1) is 5.92 Å². The van der Waals surface area contributed by atoms with E-state index in [9.17, 15) is 0 Å². The summed E-state index contributed by atoms with van der Waals surface area (Å²) in [5.41, 5.74) is 0. The molecule has 1 aliphatic carbocycles. The first-order valence-corrected chi connectivity index (χ1v) is 6.94. The molecule has 15 heavy (non-hydrogen) atoms. The van der Waals surface area contributed by atoms with Gasteiger partial charge in [-0.3, -0.25) is 0 Å². The smallest absolute Gasteiger partial charge is 0.0962 e. The molecule has 0 N–H and O–H groups in total. The highest BCUT2D eigenvalue weighted by atomic mass is 79.9. The molecule has 1 rings (SSSR count). The molecule has 0 aliphatic heterocycles. The first-order chi connectivity index (χ1) is 7.15. The molecule has 90 valence electrons. The summed E-state index contributed by atoms with van der Waals surface area (Å²) in [6.07, 6.45) is 3.91. The summed E-state index contributed by atoms with van der Waals surface area (Å²) in [4.78, 5) is 0.494. The Kier molecular flexibility index (Phi) is 6.17. The fraction of sp³-hybridized carbons (Fsp3) is 1.00. The zero-order chi connectivity index (χ0) is 11.3. The van der Waals surface area contributed by atoms with Crippen LogP contribution in [-0.4, -0.2) is 30.2 Å². The molecule has 0 radical (unpaired) electrons. The standard InChI is InChI=1S/C12H23BrO2/c1-4-6-15-12-10(13)8-11(12)14-7-5-9(2)3/h9-12H,4-8H2,1-3H3. The van der Waals surface area contributed by atoms with Crippen molar-refractivity contribution in [2.24, 2.45) is 5.92 Å². The van der Waals surface area contributed by atoms with Crippen LogP contribution in [0.1, 0.15) is 40.0 Å². The summed E-state index contributed by atoms with van der Waals surface area (Å²) < 4.78 is 11.6. The van der Waals surface area contributed by atoms with Crippen molar-refractivity contribution >= 4 is 15.9 Å². The lowest BCUT2D eigenvalue weighted by Crippen LogP contribution is -2.51. The van der Waals surface area contributed by atoms with E-state index in [0.29, 0.717) is 10.9 Å². The lowest BCUT2D eigenvalue weighted by molar-refractivity contribution is -0.122. The number of rotatable bonds is 7. The fourth-order valence-electron chi connectivity index (χ4n) is 1.61. The highest BCUT2D eigenvalue weighted by Crippen LogP contribution is 2.33. The molecule has 1 aliphatic rings. The van der Waals surface area contributed by atoms with Gasteiger partial charge < -0.3 is 9.47 Å². The minimum absolute atomic E-state index is 0.275. The van der Waals surface area contributed by atoms with Crippen molar-refractivity contribution < 1.29 is 9.47 Å². The van der Waals surface area contributed by atoms with E-state index >= 15 is 0 Å². The van der Waals surface area contributed by atoms with Gasteiger partial charge in [0.2, 0.25) is 0 Å². The molecular formula is C12H23BrO2. The van der Waals surface area contributed by atoms with Crippen LogP contribution in [0.25, 0.3) is 0 Å². The van der Waals surface area contributed by atoms with Crippen LogP contribution < -0.4 is 0 Å². The zero-order valence-electron chi connectivity index (χ0n) is 10.0. The number of hydrogen-bond acceptors (Lipinski definition) is 2. The fourth-order valence-corrected chi connectivity index (χ4v) is 2.47. The van der Waals surface area contributed by atoms with Crippen LogP contribution in [0.4, 0.5) is 0 Å². The highest BCUT2D eigenvalue weighted by molar-refractivity contribution is 9.09. The normalized spacial score (nSPS) is 30.6. The van der Waals surface area contributed by atoms with Crippen molar-refractivity contribution in [3.63, 3.8) is 0 Å². The Morgan fingerprint density at radius 1 is 1.27 bits per heavy atom. The molecule has 0 heterocycles. The molecule has 0 spiro atoms. The summed E-state index contributed by atoms with van der Waals surface area (Å²) in [5, 5.41) is 0. The molecule has 1 saturated carbocycles. The molecule has 3 heteroatoms. The van der Waals surface area contributed by atoms with Crippen LogP contribution in [0.3, 0.4) is 0 Å². The summed E-state index contributed by atoms with van der Waals surface area (Å²) >= 11 is 3.61. The van der Waals surface area contributed by atoms with Crippen molar-refractivity contribution in [1.82, 2.24) is 0 Å². The molecule has 0 bridgehead atoms. The van der Waals surface area contributed by atoms with E-state index < -0.39 is 0 Å². The van der Waals surface area contributed by atoms with Crippen LogP contribution in [0.15, 0.2) is 0 Å². The van der Waals surface area contributed by atoms with Crippen molar-refractivity contribution in [3.8, 4) is 0 Å². The van der Waals surface area contributed by atoms with Gasteiger partial charge in [0, 0.05) is 18.0 Å². The van der Waals surface area contributed by atoms with Crippen molar-refractivity contribution in [3.05, 3.63) is 0 Å². The quantitative estimate of drug-likeness (QED) is 0.665. The number of hydrogen-bond donors (Lipinski definition) is 0. The third kappa shape index (κ3) is 4.41. The number of alkyl halides is 1. The monoisotopic (exact) mass is 278 g/mol. The van der Waals surface area contributed by atoms with E-state index in [1.54, 1.807) is 0 Å². The Bertz CT molecular complexity index is 173. The lowest BCUT2D eigenvalue weighted by Gasteiger charge is -2.41. The van der Waals surface area contributed by atoms with Gasteiger partial charge in [0.25, 0.3) is 0 Å². The summed E-state index contributed by atoms with van der Waals surface area (Å²) in [5.74, 6) is 0.722. The van der Waals surface area contributed by atoms with Gasteiger partial charge in [0.05, 0.1) is 12.2 Å². The van der Waals surface area contributed by atoms with Crippen molar-refractivity contribution in [2.45, 2.75) is 57.1 Å². The van der Waals surface area contributed by atoms with Crippen LogP contribution in [-0.2, 0) is 9.47 Å². The van der Waals surface area contributed by atoms with Gasteiger partial charge in [-0.2, -0.15) is 0 Å². The maximum Gasteiger partial charge on any atom is 0.0962 e. The lowest BCUT2D eigenvalue weighted by atomic mass is 9.91. The van der Waals surface area contributed by atoms with Gasteiger partial charge in [0.1, 0.15) is 0 Å². The van der Waals surface area contributed by atoms with Gasteiger partial charge in [0.15, 0.2) is 0 Å². The summed E-state index contributed by atoms with van der Waals surface area (Å²) in [7, 11) is 0. The van der Waals surface area contributed by atoms with Crippen LogP contribution >= 0.6 is 15.9 Å². The Morgan fingerprint density at radius 2 is 2.00 bits per heavy atom. The van der Waals surface area contributed by atoms with E-state index in [0.717, 1.165) is 38.4 Å². The molecule has 3 unspecified atom stereocenters. The third-order valence-corrected chi connectivity index (χ3v) is 3.62. The van der Waals surface area contributed by atoms with E-state index in [-0.39, 0.29) is 6.10 Å². The second kappa shape index (κ2) is 6.87. The Labute approximate surface area is 102 Å². The molecular weight excluding hydrogens is 256 g/mol. The van der Waals surface area contributed by atoms with Crippen LogP contribution in [0.2, 0.25) is 0 Å². The topological polar surface area (TPSA) is 18.5 Å².